The lowest BCUT2D eigenvalue weighted by molar-refractivity contribution is -0.384. The molecule has 32 heavy (non-hydrogen) atoms. The number of nitro groups is 1. The molecular formula is C21H18FN5O5. The van der Waals surface area contributed by atoms with Crippen LogP contribution in [0.15, 0.2) is 48.5 Å². The van der Waals surface area contributed by atoms with E-state index in [9.17, 15) is 24.1 Å². The molecule has 0 bridgehead atoms. The number of nitrogens with one attached hydrogen (secondary N) is 2. The molecule has 0 spiro atoms. The number of nitrogens with zero attached hydrogens (tertiary/aromatic N) is 3. The summed E-state index contributed by atoms with van der Waals surface area (Å²) in [5.41, 5.74) is 2.05. The Morgan fingerprint density at radius 2 is 1.94 bits per heavy atom. The summed E-state index contributed by atoms with van der Waals surface area (Å²) in [5, 5.41) is 20.6. The van der Waals surface area contributed by atoms with Crippen molar-refractivity contribution >= 4 is 29.0 Å². The van der Waals surface area contributed by atoms with Crippen molar-refractivity contribution in [1.29, 1.82) is 0 Å². The highest BCUT2D eigenvalue weighted by molar-refractivity contribution is 6.04. The van der Waals surface area contributed by atoms with E-state index in [-0.39, 0.29) is 18.7 Å². The number of anilines is 2. The summed E-state index contributed by atoms with van der Waals surface area (Å²) in [6, 6.07) is 10.2. The van der Waals surface area contributed by atoms with Crippen LogP contribution >= 0.6 is 0 Å². The molecule has 164 valence electrons. The summed E-state index contributed by atoms with van der Waals surface area (Å²) in [6.45, 7) is 0.157. The number of carbonyl (C=O) groups excluding carboxylic acids is 2. The monoisotopic (exact) mass is 439 g/mol. The number of hydrogen-bond donors (Lipinski definition) is 2. The predicted octanol–water partition coefficient (Wildman–Crippen LogP) is 3.27. The van der Waals surface area contributed by atoms with Gasteiger partial charge in [-0.25, -0.2) is 9.07 Å². The SMILES string of the molecule is COCc1nn2c(c1-c1ccc(F)cc1)NC(=O)C2CC(=O)Nc1ccc([N+](=O)[O-])cc1. The summed E-state index contributed by atoms with van der Waals surface area (Å²) in [6.07, 6.45) is -0.202. The molecule has 1 aliphatic rings. The van der Waals surface area contributed by atoms with Gasteiger partial charge in [0, 0.05) is 30.5 Å². The van der Waals surface area contributed by atoms with Gasteiger partial charge in [0.2, 0.25) is 5.91 Å². The van der Waals surface area contributed by atoms with Crippen molar-refractivity contribution < 1.29 is 23.6 Å². The first-order valence-electron chi connectivity index (χ1n) is 9.59. The van der Waals surface area contributed by atoms with Gasteiger partial charge in [-0.15, -0.1) is 0 Å². The summed E-state index contributed by atoms with van der Waals surface area (Å²) in [4.78, 5) is 35.3. The summed E-state index contributed by atoms with van der Waals surface area (Å²) in [7, 11) is 1.51. The maximum absolute atomic E-state index is 13.4. The van der Waals surface area contributed by atoms with Crippen molar-refractivity contribution in [2.75, 3.05) is 17.7 Å². The second-order valence-corrected chi connectivity index (χ2v) is 7.12. The van der Waals surface area contributed by atoms with Crippen LogP contribution in [-0.2, 0) is 20.9 Å². The van der Waals surface area contributed by atoms with Gasteiger partial charge < -0.3 is 15.4 Å². The fourth-order valence-corrected chi connectivity index (χ4v) is 3.53. The van der Waals surface area contributed by atoms with Gasteiger partial charge in [-0.3, -0.25) is 19.7 Å². The third-order valence-electron chi connectivity index (χ3n) is 4.98. The zero-order valence-electron chi connectivity index (χ0n) is 16.9. The average molecular weight is 439 g/mol. The smallest absolute Gasteiger partial charge is 0.269 e. The standard InChI is InChI=1S/C21H18FN5O5/c1-32-11-16-19(12-2-4-13(22)5-3-12)20-24-21(29)17(26(20)25-16)10-18(28)23-14-6-8-15(9-7-14)27(30)31/h2-9,17H,10-11H2,1H3,(H,23,28)(H,24,29). The molecule has 4 rings (SSSR count). The second kappa shape index (κ2) is 8.55. The highest BCUT2D eigenvalue weighted by Gasteiger charge is 2.37. The molecule has 2 N–H and O–H groups in total. The van der Waals surface area contributed by atoms with Crippen LogP contribution in [0, 0.1) is 15.9 Å². The van der Waals surface area contributed by atoms with Crippen molar-refractivity contribution in [3.05, 3.63) is 70.2 Å². The highest BCUT2D eigenvalue weighted by atomic mass is 19.1. The van der Waals surface area contributed by atoms with Crippen LogP contribution in [0.3, 0.4) is 0 Å². The van der Waals surface area contributed by atoms with Crippen molar-refractivity contribution in [2.45, 2.75) is 19.1 Å². The van der Waals surface area contributed by atoms with Gasteiger partial charge in [0.1, 0.15) is 17.7 Å². The molecule has 2 amide bonds. The van der Waals surface area contributed by atoms with E-state index in [0.29, 0.717) is 28.3 Å². The number of non-ortho nitro benzene ring substituents is 1. The molecule has 11 heteroatoms. The topological polar surface area (TPSA) is 128 Å². The van der Waals surface area contributed by atoms with E-state index in [2.05, 4.69) is 15.7 Å². The molecule has 1 atom stereocenters. The Balaban J connectivity index is 1.57. The number of fused-ring (bicyclic) bond motifs is 1. The summed E-state index contributed by atoms with van der Waals surface area (Å²) >= 11 is 0. The van der Waals surface area contributed by atoms with Crippen LogP contribution in [-0.4, -0.2) is 33.6 Å². The van der Waals surface area contributed by atoms with Crippen LogP contribution < -0.4 is 10.6 Å². The Kier molecular flexibility index (Phi) is 5.65. The number of methoxy groups -OCH3 is 1. The molecule has 3 aromatic rings. The first-order chi connectivity index (χ1) is 15.4. The molecule has 10 nitrogen and oxygen atoms in total. The van der Waals surface area contributed by atoms with Gasteiger partial charge in [-0.05, 0) is 29.8 Å². The Bertz CT molecular complexity index is 1190. The zero-order valence-corrected chi connectivity index (χ0v) is 16.9. The first kappa shape index (κ1) is 21.1. The van der Waals surface area contributed by atoms with Crippen LogP contribution in [0.25, 0.3) is 11.1 Å². The van der Waals surface area contributed by atoms with Gasteiger partial charge in [0.25, 0.3) is 11.6 Å². The van der Waals surface area contributed by atoms with Gasteiger partial charge >= 0.3 is 0 Å². The molecule has 1 aromatic heterocycles. The number of ether oxygens (including phenoxy) is 1. The number of nitro benzene ring substituents is 1. The lowest BCUT2D eigenvalue weighted by atomic mass is 10.1. The third kappa shape index (κ3) is 4.05. The maximum atomic E-state index is 13.4. The third-order valence-corrected chi connectivity index (χ3v) is 4.98. The molecule has 0 fully saturated rings. The normalized spacial score (nSPS) is 14.7. The van der Waals surface area contributed by atoms with Crippen LogP contribution in [0.4, 0.5) is 21.6 Å². The minimum atomic E-state index is -0.896. The van der Waals surface area contributed by atoms with Crippen molar-refractivity contribution in [1.82, 2.24) is 9.78 Å². The van der Waals surface area contributed by atoms with Gasteiger partial charge in [0.15, 0.2) is 0 Å². The van der Waals surface area contributed by atoms with Gasteiger partial charge in [0.05, 0.1) is 23.6 Å². The zero-order chi connectivity index (χ0) is 22.8. The lowest BCUT2D eigenvalue weighted by Crippen LogP contribution is -2.24. The highest BCUT2D eigenvalue weighted by Crippen LogP contribution is 2.39. The Morgan fingerprint density at radius 3 is 2.56 bits per heavy atom. The van der Waals surface area contributed by atoms with Crippen molar-refractivity contribution in [3.63, 3.8) is 0 Å². The molecule has 1 aliphatic heterocycles. The Hall–Kier alpha value is -4.12. The fourth-order valence-electron chi connectivity index (χ4n) is 3.53. The molecule has 1 unspecified atom stereocenters. The summed E-state index contributed by atoms with van der Waals surface area (Å²) in [5.74, 6) is -0.852. The number of carbonyl (C=O) groups is 2. The van der Waals surface area contributed by atoms with Crippen LogP contribution in [0.2, 0.25) is 0 Å². The molecule has 0 aliphatic carbocycles. The summed E-state index contributed by atoms with van der Waals surface area (Å²) < 4.78 is 20.0. The van der Waals surface area contributed by atoms with E-state index in [4.69, 9.17) is 4.74 Å². The average Bonchev–Trinajstić information content (AvgIpc) is 3.24. The van der Waals surface area contributed by atoms with Gasteiger partial charge in [-0.2, -0.15) is 5.10 Å². The molecule has 2 aromatic carbocycles. The van der Waals surface area contributed by atoms with E-state index < -0.39 is 28.6 Å². The largest absolute Gasteiger partial charge is 0.378 e. The minimum Gasteiger partial charge on any atom is -0.378 e. The predicted molar refractivity (Wildman–Crippen MR) is 112 cm³/mol. The van der Waals surface area contributed by atoms with E-state index in [0.717, 1.165) is 0 Å². The number of halogens is 1. The van der Waals surface area contributed by atoms with Crippen molar-refractivity contribution in [2.24, 2.45) is 0 Å². The Morgan fingerprint density at radius 1 is 1.25 bits per heavy atom. The van der Waals surface area contributed by atoms with E-state index >= 15 is 0 Å². The van der Waals surface area contributed by atoms with E-state index in [1.165, 1.54) is 48.2 Å². The number of benzene rings is 2. The van der Waals surface area contributed by atoms with Crippen molar-refractivity contribution in [3.8, 4) is 11.1 Å². The molecular weight excluding hydrogens is 421 g/mol. The second-order valence-electron chi connectivity index (χ2n) is 7.12. The molecule has 0 saturated heterocycles. The minimum absolute atomic E-state index is 0.0988. The number of hydrogen-bond acceptors (Lipinski definition) is 6. The maximum Gasteiger partial charge on any atom is 0.269 e. The quantitative estimate of drug-likeness (QED) is 0.430. The molecule has 0 saturated carbocycles. The Labute approximate surface area is 181 Å². The molecule has 2 heterocycles. The number of rotatable bonds is 7. The van der Waals surface area contributed by atoms with Gasteiger partial charge in [-0.1, -0.05) is 12.1 Å². The van der Waals surface area contributed by atoms with E-state index in [1.54, 1.807) is 12.1 Å². The lowest BCUT2D eigenvalue weighted by Gasteiger charge is -2.10. The fraction of sp³-hybridized carbons (Fsp3) is 0.190. The molecule has 0 radical (unpaired) electrons. The van der Waals surface area contributed by atoms with Crippen LogP contribution in [0.5, 0.6) is 0 Å². The first-order valence-corrected chi connectivity index (χ1v) is 9.59. The van der Waals surface area contributed by atoms with Crippen LogP contribution in [0.1, 0.15) is 18.2 Å². The number of amides is 2. The van der Waals surface area contributed by atoms with E-state index in [1.807, 2.05) is 0 Å². The number of aromatic nitrogens is 2.